The summed E-state index contributed by atoms with van der Waals surface area (Å²) in [4.78, 5) is 12.1. The lowest BCUT2D eigenvalue weighted by Gasteiger charge is -2.48. The summed E-state index contributed by atoms with van der Waals surface area (Å²) >= 11 is 0. The van der Waals surface area contributed by atoms with Gasteiger partial charge in [-0.2, -0.15) is 0 Å². The standard InChI is InChI=1S/C15H20N2O2/c18-13-4-2-11(3-5-13)14(19)17-12-6-9-16-15(10-12)7-1-8-15/h2-5,12,16,18H,1,6-10H2,(H,17,19). The molecule has 1 unspecified atom stereocenters. The summed E-state index contributed by atoms with van der Waals surface area (Å²) in [6.07, 6.45) is 5.80. The van der Waals surface area contributed by atoms with E-state index in [1.54, 1.807) is 24.3 Å². The first kappa shape index (κ1) is 12.5. The molecule has 1 aromatic rings. The van der Waals surface area contributed by atoms with Crippen LogP contribution in [0.5, 0.6) is 5.75 Å². The zero-order valence-corrected chi connectivity index (χ0v) is 11.0. The van der Waals surface area contributed by atoms with E-state index in [4.69, 9.17) is 0 Å². The van der Waals surface area contributed by atoms with Gasteiger partial charge in [-0.1, -0.05) is 0 Å². The van der Waals surface area contributed by atoms with Crippen molar-refractivity contribution in [2.45, 2.75) is 43.7 Å². The number of hydrogen-bond donors (Lipinski definition) is 3. The minimum absolute atomic E-state index is 0.0404. The second-order valence-electron chi connectivity index (χ2n) is 5.77. The fraction of sp³-hybridized carbons (Fsp3) is 0.533. The van der Waals surface area contributed by atoms with Gasteiger partial charge >= 0.3 is 0 Å². The van der Waals surface area contributed by atoms with E-state index in [9.17, 15) is 9.90 Å². The van der Waals surface area contributed by atoms with Crippen LogP contribution in [0.4, 0.5) is 0 Å². The van der Waals surface area contributed by atoms with Crippen molar-refractivity contribution in [1.82, 2.24) is 10.6 Å². The molecular weight excluding hydrogens is 240 g/mol. The van der Waals surface area contributed by atoms with Crippen molar-refractivity contribution in [3.8, 4) is 5.75 Å². The van der Waals surface area contributed by atoms with E-state index in [0.717, 1.165) is 19.4 Å². The predicted molar refractivity (Wildman–Crippen MR) is 73.2 cm³/mol. The van der Waals surface area contributed by atoms with Gasteiger partial charge in [-0.15, -0.1) is 0 Å². The van der Waals surface area contributed by atoms with E-state index in [1.165, 1.54) is 19.3 Å². The highest BCUT2D eigenvalue weighted by Gasteiger charge is 2.41. The molecule has 1 saturated carbocycles. The molecule has 2 aliphatic rings. The lowest BCUT2D eigenvalue weighted by atomic mass is 9.70. The second-order valence-corrected chi connectivity index (χ2v) is 5.77. The van der Waals surface area contributed by atoms with E-state index in [-0.39, 0.29) is 17.7 Å². The van der Waals surface area contributed by atoms with Gasteiger partial charge in [0.25, 0.3) is 5.91 Å². The molecule has 1 aromatic carbocycles. The van der Waals surface area contributed by atoms with Gasteiger partial charge in [-0.25, -0.2) is 0 Å². The molecule has 102 valence electrons. The van der Waals surface area contributed by atoms with Crippen molar-refractivity contribution < 1.29 is 9.90 Å². The first-order chi connectivity index (χ1) is 9.17. The van der Waals surface area contributed by atoms with Crippen molar-refractivity contribution in [3.05, 3.63) is 29.8 Å². The zero-order valence-electron chi connectivity index (χ0n) is 11.0. The SMILES string of the molecule is O=C(NC1CCNC2(CCC2)C1)c1ccc(O)cc1. The smallest absolute Gasteiger partial charge is 0.251 e. The molecule has 0 radical (unpaired) electrons. The number of piperidine rings is 1. The van der Waals surface area contributed by atoms with Gasteiger partial charge in [0.05, 0.1) is 0 Å². The third-order valence-corrected chi connectivity index (χ3v) is 4.41. The number of nitrogens with one attached hydrogen (secondary N) is 2. The normalized spacial score (nSPS) is 24.7. The zero-order chi connectivity index (χ0) is 13.3. The van der Waals surface area contributed by atoms with Gasteiger partial charge in [0, 0.05) is 17.1 Å². The third-order valence-electron chi connectivity index (χ3n) is 4.41. The van der Waals surface area contributed by atoms with Crippen LogP contribution in [0.1, 0.15) is 42.5 Å². The lowest BCUT2D eigenvalue weighted by Crippen LogP contribution is -2.59. The average Bonchev–Trinajstić information content (AvgIpc) is 2.38. The summed E-state index contributed by atoms with van der Waals surface area (Å²) in [7, 11) is 0. The lowest BCUT2D eigenvalue weighted by molar-refractivity contribution is 0.0853. The highest BCUT2D eigenvalue weighted by atomic mass is 16.3. The highest BCUT2D eigenvalue weighted by molar-refractivity contribution is 5.94. The minimum Gasteiger partial charge on any atom is -0.508 e. The number of carbonyl (C=O) groups excluding carboxylic acids is 1. The molecule has 0 bridgehead atoms. The van der Waals surface area contributed by atoms with Crippen LogP contribution in [0.2, 0.25) is 0 Å². The van der Waals surface area contributed by atoms with Gasteiger partial charge in [0.2, 0.25) is 0 Å². The summed E-state index contributed by atoms with van der Waals surface area (Å²) < 4.78 is 0. The van der Waals surface area contributed by atoms with E-state index >= 15 is 0 Å². The molecule has 0 aromatic heterocycles. The first-order valence-corrected chi connectivity index (χ1v) is 7.02. The number of phenols is 1. The van der Waals surface area contributed by atoms with E-state index < -0.39 is 0 Å². The first-order valence-electron chi connectivity index (χ1n) is 7.02. The number of hydrogen-bond acceptors (Lipinski definition) is 3. The number of rotatable bonds is 2. The van der Waals surface area contributed by atoms with Gasteiger partial charge < -0.3 is 15.7 Å². The maximum atomic E-state index is 12.1. The summed E-state index contributed by atoms with van der Waals surface area (Å²) in [5.74, 6) is 0.146. The summed E-state index contributed by atoms with van der Waals surface area (Å²) in [5, 5.41) is 15.9. The Morgan fingerprint density at radius 3 is 2.68 bits per heavy atom. The molecule has 1 aliphatic heterocycles. The number of amides is 1. The van der Waals surface area contributed by atoms with Crippen LogP contribution in [0.3, 0.4) is 0 Å². The topological polar surface area (TPSA) is 61.4 Å². The van der Waals surface area contributed by atoms with Crippen LogP contribution in [0.15, 0.2) is 24.3 Å². The Morgan fingerprint density at radius 1 is 1.32 bits per heavy atom. The van der Waals surface area contributed by atoms with Gasteiger partial charge in [0.15, 0.2) is 0 Å². The molecule has 1 amide bonds. The van der Waals surface area contributed by atoms with Crippen LogP contribution in [0, 0.1) is 0 Å². The molecule has 1 spiro atoms. The number of aromatic hydroxyl groups is 1. The van der Waals surface area contributed by atoms with Crippen molar-refractivity contribution in [2.24, 2.45) is 0 Å². The van der Waals surface area contributed by atoms with Crippen LogP contribution >= 0.6 is 0 Å². The minimum atomic E-state index is -0.0404. The summed E-state index contributed by atoms with van der Waals surface area (Å²) in [6.45, 7) is 0.987. The Labute approximate surface area is 113 Å². The molecule has 1 saturated heterocycles. The Kier molecular flexibility index (Phi) is 3.19. The fourth-order valence-corrected chi connectivity index (χ4v) is 3.15. The molecule has 4 nitrogen and oxygen atoms in total. The molecule has 19 heavy (non-hydrogen) atoms. The van der Waals surface area contributed by atoms with Crippen LogP contribution < -0.4 is 10.6 Å². The van der Waals surface area contributed by atoms with Crippen molar-refractivity contribution in [1.29, 1.82) is 0 Å². The number of carbonyl (C=O) groups is 1. The largest absolute Gasteiger partial charge is 0.508 e. The molecule has 2 fully saturated rings. The Balaban J connectivity index is 1.61. The second kappa shape index (κ2) is 4.85. The third kappa shape index (κ3) is 2.59. The molecule has 3 rings (SSSR count). The van der Waals surface area contributed by atoms with E-state index in [1.807, 2.05) is 0 Å². The monoisotopic (exact) mass is 260 g/mol. The molecule has 1 aliphatic carbocycles. The molecule has 3 N–H and O–H groups in total. The Hall–Kier alpha value is -1.55. The van der Waals surface area contributed by atoms with Crippen LogP contribution in [-0.2, 0) is 0 Å². The van der Waals surface area contributed by atoms with E-state index in [2.05, 4.69) is 10.6 Å². The fourth-order valence-electron chi connectivity index (χ4n) is 3.15. The maximum absolute atomic E-state index is 12.1. The molecular formula is C15H20N2O2. The van der Waals surface area contributed by atoms with E-state index in [0.29, 0.717) is 11.1 Å². The molecule has 1 heterocycles. The Morgan fingerprint density at radius 2 is 2.05 bits per heavy atom. The molecule has 4 heteroatoms. The predicted octanol–water partition coefficient (Wildman–Crippen LogP) is 1.80. The molecule has 1 atom stereocenters. The summed E-state index contributed by atoms with van der Waals surface area (Å²) in [5.41, 5.74) is 0.907. The van der Waals surface area contributed by atoms with Crippen LogP contribution in [0.25, 0.3) is 0 Å². The highest BCUT2D eigenvalue weighted by Crippen LogP contribution is 2.38. The van der Waals surface area contributed by atoms with Crippen molar-refractivity contribution in [3.63, 3.8) is 0 Å². The van der Waals surface area contributed by atoms with Crippen molar-refractivity contribution >= 4 is 5.91 Å². The van der Waals surface area contributed by atoms with Crippen LogP contribution in [-0.4, -0.2) is 29.1 Å². The maximum Gasteiger partial charge on any atom is 0.251 e. The van der Waals surface area contributed by atoms with Gasteiger partial charge in [0.1, 0.15) is 5.75 Å². The number of phenolic OH excluding ortho intramolecular Hbond substituents is 1. The average molecular weight is 260 g/mol. The Bertz CT molecular complexity index is 466. The van der Waals surface area contributed by atoms with Gasteiger partial charge in [-0.3, -0.25) is 4.79 Å². The number of benzene rings is 1. The van der Waals surface area contributed by atoms with Gasteiger partial charge in [-0.05, 0) is 62.9 Å². The quantitative estimate of drug-likeness (QED) is 0.760. The summed E-state index contributed by atoms with van der Waals surface area (Å²) in [6, 6.07) is 6.67. The van der Waals surface area contributed by atoms with Crippen molar-refractivity contribution in [2.75, 3.05) is 6.54 Å².